The summed E-state index contributed by atoms with van der Waals surface area (Å²) in [5.41, 5.74) is 1.73. The van der Waals surface area contributed by atoms with Crippen molar-refractivity contribution in [3.05, 3.63) is 58.1 Å². The van der Waals surface area contributed by atoms with Crippen molar-refractivity contribution < 1.29 is 18.3 Å². The third-order valence-electron chi connectivity index (χ3n) is 3.19. The first kappa shape index (κ1) is 16.3. The second-order valence-corrected chi connectivity index (χ2v) is 5.67. The number of para-hydroxylation sites is 1. The van der Waals surface area contributed by atoms with E-state index in [1.807, 2.05) is 0 Å². The van der Waals surface area contributed by atoms with E-state index in [1.165, 1.54) is 12.3 Å². The van der Waals surface area contributed by atoms with E-state index in [2.05, 4.69) is 36.2 Å². The number of alkyl halides is 2. The van der Waals surface area contributed by atoms with Crippen molar-refractivity contribution in [3.63, 3.8) is 0 Å². The summed E-state index contributed by atoms with van der Waals surface area (Å²) in [6.07, 6.45) is 1.26. The summed E-state index contributed by atoms with van der Waals surface area (Å²) in [6.45, 7) is -2.93. The topological polar surface area (TPSA) is 63.0 Å². The molecule has 1 aliphatic rings. The number of amides is 1. The van der Waals surface area contributed by atoms with E-state index in [1.54, 1.807) is 36.4 Å². The van der Waals surface area contributed by atoms with Gasteiger partial charge >= 0.3 is 6.61 Å². The summed E-state index contributed by atoms with van der Waals surface area (Å²) in [7, 11) is 0. The Kier molecular flexibility index (Phi) is 4.66. The maximum Gasteiger partial charge on any atom is 0.387 e. The van der Waals surface area contributed by atoms with Gasteiger partial charge in [0.2, 0.25) is 0 Å². The molecule has 3 rings (SSSR count). The quantitative estimate of drug-likeness (QED) is 0.633. The first-order valence-electron chi connectivity index (χ1n) is 6.81. The Bertz CT molecular complexity index is 853. The van der Waals surface area contributed by atoms with Crippen LogP contribution in [0.1, 0.15) is 11.1 Å². The van der Waals surface area contributed by atoms with Crippen molar-refractivity contribution in [3.8, 4) is 5.75 Å². The zero-order valence-electron chi connectivity index (χ0n) is 12.0. The minimum atomic E-state index is -2.93. The van der Waals surface area contributed by atoms with Crippen LogP contribution in [0.5, 0.6) is 5.75 Å². The van der Waals surface area contributed by atoms with Gasteiger partial charge < -0.3 is 10.1 Å². The highest BCUT2D eigenvalue weighted by Crippen LogP contribution is 2.27. The molecule has 5 nitrogen and oxygen atoms in total. The molecule has 2 aromatic rings. The number of nitrogens with zero attached hydrogens (tertiary/aromatic N) is 2. The number of ether oxygens (including phenoxy) is 1. The molecule has 0 bridgehead atoms. The Labute approximate surface area is 144 Å². The number of anilines is 1. The van der Waals surface area contributed by atoms with Crippen LogP contribution in [0.15, 0.2) is 57.1 Å². The molecule has 24 heavy (non-hydrogen) atoms. The smallest absolute Gasteiger partial charge is 0.387 e. The van der Waals surface area contributed by atoms with Gasteiger partial charge in [0.15, 0.2) is 5.71 Å². The Morgan fingerprint density at radius 1 is 1.21 bits per heavy atom. The van der Waals surface area contributed by atoms with E-state index in [9.17, 15) is 13.6 Å². The van der Waals surface area contributed by atoms with Crippen LogP contribution >= 0.6 is 15.9 Å². The molecular weight excluding hydrogens is 384 g/mol. The van der Waals surface area contributed by atoms with Gasteiger partial charge in [0, 0.05) is 15.6 Å². The SMILES string of the molecule is O=C1Nc2ccc(Br)cc2C1=N/N=C\c1ccccc1OC(F)F. The highest BCUT2D eigenvalue weighted by molar-refractivity contribution is 9.10. The van der Waals surface area contributed by atoms with Crippen molar-refractivity contribution in [2.24, 2.45) is 10.2 Å². The minimum absolute atomic E-state index is 0.0181. The Morgan fingerprint density at radius 2 is 2.00 bits per heavy atom. The zero-order chi connectivity index (χ0) is 17.1. The lowest BCUT2D eigenvalue weighted by atomic mass is 10.1. The monoisotopic (exact) mass is 393 g/mol. The highest BCUT2D eigenvalue weighted by Gasteiger charge is 2.26. The predicted molar refractivity (Wildman–Crippen MR) is 90.0 cm³/mol. The fraction of sp³-hybridized carbons (Fsp3) is 0.0625. The number of halogens is 3. The van der Waals surface area contributed by atoms with E-state index in [4.69, 9.17) is 0 Å². The molecule has 2 aromatic carbocycles. The lowest BCUT2D eigenvalue weighted by molar-refractivity contribution is -0.110. The average Bonchev–Trinajstić information content (AvgIpc) is 2.84. The second kappa shape index (κ2) is 6.88. The largest absolute Gasteiger partial charge is 0.434 e. The van der Waals surface area contributed by atoms with Gasteiger partial charge in [-0.3, -0.25) is 4.79 Å². The van der Waals surface area contributed by atoms with Gasteiger partial charge in [-0.05, 0) is 30.3 Å². The standard InChI is InChI=1S/C16H10BrF2N3O2/c17-10-5-6-12-11(7-10)14(15(23)21-12)22-20-8-9-3-1-2-4-13(9)24-16(18)19/h1-8,16H,(H,21,22,23)/b20-8-. The number of hydrogen-bond acceptors (Lipinski definition) is 4. The van der Waals surface area contributed by atoms with Crippen LogP contribution < -0.4 is 10.1 Å². The van der Waals surface area contributed by atoms with Gasteiger partial charge in [-0.25, -0.2) is 0 Å². The molecule has 1 heterocycles. The van der Waals surface area contributed by atoms with Gasteiger partial charge in [0.1, 0.15) is 5.75 Å². The highest BCUT2D eigenvalue weighted by atomic mass is 79.9. The third-order valence-corrected chi connectivity index (χ3v) is 3.68. The number of benzene rings is 2. The first-order chi connectivity index (χ1) is 11.5. The maximum absolute atomic E-state index is 12.4. The first-order valence-corrected chi connectivity index (χ1v) is 7.60. The van der Waals surface area contributed by atoms with Crippen LogP contribution in [0, 0.1) is 0 Å². The van der Waals surface area contributed by atoms with E-state index in [-0.39, 0.29) is 17.4 Å². The third kappa shape index (κ3) is 3.48. The van der Waals surface area contributed by atoms with Crippen LogP contribution in [0.25, 0.3) is 0 Å². The van der Waals surface area contributed by atoms with Gasteiger partial charge in [-0.1, -0.05) is 28.1 Å². The summed E-state index contributed by atoms with van der Waals surface area (Å²) in [5.74, 6) is -0.396. The van der Waals surface area contributed by atoms with Crippen LogP contribution in [0.2, 0.25) is 0 Å². The van der Waals surface area contributed by atoms with Gasteiger partial charge in [0.25, 0.3) is 5.91 Å². The van der Waals surface area contributed by atoms with Gasteiger partial charge in [-0.2, -0.15) is 13.9 Å². The molecule has 0 unspecified atom stereocenters. The Hall–Kier alpha value is -2.61. The fourth-order valence-electron chi connectivity index (χ4n) is 2.16. The number of fused-ring (bicyclic) bond motifs is 1. The summed E-state index contributed by atoms with van der Waals surface area (Å²) >= 11 is 3.33. The summed E-state index contributed by atoms with van der Waals surface area (Å²) in [6, 6.07) is 11.5. The molecule has 0 saturated carbocycles. The lowest BCUT2D eigenvalue weighted by Gasteiger charge is -2.06. The second-order valence-electron chi connectivity index (χ2n) is 4.75. The molecule has 0 radical (unpaired) electrons. The number of hydrogen-bond donors (Lipinski definition) is 1. The number of carbonyl (C=O) groups excluding carboxylic acids is 1. The molecule has 0 atom stereocenters. The lowest BCUT2D eigenvalue weighted by Crippen LogP contribution is -2.13. The van der Waals surface area contributed by atoms with E-state index < -0.39 is 6.61 Å². The zero-order valence-corrected chi connectivity index (χ0v) is 13.6. The van der Waals surface area contributed by atoms with Crippen molar-refractivity contribution >= 4 is 39.5 Å². The number of rotatable bonds is 4. The summed E-state index contributed by atoms with van der Waals surface area (Å²) in [4.78, 5) is 11.9. The predicted octanol–water partition coefficient (Wildman–Crippen LogP) is 3.83. The molecule has 0 aromatic heterocycles. The average molecular weight is 394 g/mol. The molecule has 0 fully saturated rings. The van der Waals surface area contributed by atoms with Crippen molar-refractivity contribution in [1.82, 2.24) is 0 Å². The molecular formula is C16H10BrF2N3O2. The van der Waals surface area contributed by atoms with Crippen molar-refractivity contribution in [2.45, 2.75) is 6.61 Å². The van der Waals surface area contributed by atoms with E-state index in [0.717, 1.165) is 4.47 Å². The normalized spacial score (nSPS) is 15.2. The minimum Gasteiger partial charge on any atom is -0.434 e. The van der Waals surface area contributed by atoms with Crippen LogP contribution in [-0.4, -0.2) is 24.4 Å². The Morgan fingerprint density at radius 3 is 2.79 bits per heavy atom. The maximum atomic E-state index is 12.4. The van der Waals surface area contributed by atoms with E-state index >= 15 is 0 Å². The molecule has 1 amide bonds. The number of carbonyl (C=O) groups is 1. The molecule has 0 spiro atoms. The molecule has 0 saturated heterocycles. The molecule has 0 aliphatic carbocycles. The molecule has 122 valence electrons. The van der Waals surface area contributed by atoms with Gasteiger partial charge in [-0.15, -0.1) is 5.10 Å². The van der Waals surface area contributed by atoms with Crippen LogP contribution in [0.3, 0.4) is 0 Å². The number of nitrogens with one attached hydrogen (secondary N) is 1. The van der Waals surface area contributed by atoms with Crippen LogP contribution in [0.4, 0.5) is 14.5 Å². The van der Waals surface area contributed by atoms with Crippen LogP contribution in [-0.2, 0) is 4.79 Å². The van der Waals surface area contributed by atoms with E-state index in [0.29, 0.717) is 16.8 Å². The van der Waals surface area contributed by atoms with Crippen molar-refractivity contribution in [1.29, 1.82) is 0 Å². The van der Waals surface area contributed by atoms with Crippen molar-refractivity contribution in [2.75, 3.05) is 5.32 Å². The summed E-state index contributed by atoms with van der Waals surface area (Å²) < 4.78 is 29.9. The summed E-state index contributed by atoms with van der Waals surface area (Å²) in [5, 5.41) is 10.4. The molecule has 1 N–H and O–H groups in total. The molecule has 8 heteroatoms. The Balaban J connectivity index is 1.88. The molecule has 1 aliphatic heterocycles. The van der Waals surface area contributed by atoms with Gasteiger partial charge in [0.05, 0.1) is 11.9 Å². The fourth-order valence-corrected chi connectivity index (χ4v) is 2.52.